The Morgan fingerprint density at radius 1 is 1.22 bits per heavy atom. The fraction of sp³-hybridized carbons (Fsp3) is 0.500. The fourth-order valence-corrected chi connectivity index (χ4v) is 3.04. The summed E-state index contributed by atoms with van der Waals surface area (Å²) in [6, 6.07) is 7.75. The van der Waals surface area contributed by atoms with Crippen molar-refractivity contribution >= 4 is 0 Å². The lowest BCUT2D eigenvalue weighted by Crippen LogP contribution is -2.32. The minimum Gasteiger partial charge on any atom is -0.497 e. The van der Waals surface area contributed by atoms with Gasteiger partial charge < -0.3 is 9.47 Å². The lowest BCUT2D eigenvalue weighted by molar-refractivity contribution is 0.220. The molecule has 0 spiro atoms. The van der Waals surface area contributed by atoms with Crippen molar-refractivity contribution in [3.63, 3.8) is 0 Å². The van der Waals surface area contributed by atoms with Gasteiger partial charge in [-0.2, -0.15) is 5.10 Å². The Kier molecular flexibility index (Phi) is 5.18. The summed E-state index contributed by atoms with van der Waals surface area (Å²) in [4.78, 5) is 2.49. The van der Waals surface area contributed by atoms with Gasteiger partial charge in [0.15, 0.2) is 0 Å². The van der Waals surface area contributed by atoms with E-state index in [-0.39, 0.29) is 0 Å². The molecule has 23 heavy (non-hydrogen) atoms. The molecule has 1 aliphatic rings. The van der Waals surface area contributed by atoms with Crippen molar-refractivity contribution in [1.82, 2.24) is 15.1 Å². The molecule has 0 bridgehead atoms. The van der Waals surface area contributed by atoms with Crippen LogP contribution in [0.2, 0.25) is 0 Å². The van der Waals surface area contributed by atoms with E-state index in [2.05, 4.69) is 22.0 Å². The number of aromatic amines is 1. The second-order valence-corrected chi connectivity index (χ2v) is 5.88. The number of rotatable bonds is 7. The van der Waals surface area contributed by atoms with E-state index in [0.717, 1.165) is 57.0 Å². The van der Waals surface area contributed by atoms with E-state index in [4.69, 9.17) is 9.47 Å². The summed E-state index contributed by atoms with van der Waals surface area (Å²) in [7, 11) is 1.67. The maximum absolute atomic E-state index is 5.80. The number of benzene rings is 1. The Morgan fingerprint density at radius 2 is 2.00 bits per heavy atom. The predicted molar refractivity (Wildman–Crippen MR) is 90.1 cm³/mol. The highest BCUT2D eigenvalue weighted by Crippen LogP contribution is 2.21. The van der Waals surface area contributed by atoms with Crippen LogP contribution in [0, 0.1) is 0 Å². The van der Waals surface area contributed by atoms with Crippen LogP contribution in [0.3, 0.4) is 0 Å². The van der Waals surface area contributed by atoms with Crippen molar-refractivity contribution in [3.8, 4) is 11.5 Å². The average molecular weight is 315 g/mol. The van der Waals surface area contributed by atoms with Crippen molar-refractivity contribution in [3.05, 3.63) is 41.2 Å². The van der Waals surface area contributed by atoms with E-state index in [1.165, 1.54) is 17.0 Å². The summed E-state index contributed by atoms with van der Waals surface area (Å²) < 4.78 is 10.9. The quantitative estimate of drug-likeness (QED) is 0.798. The van der Waals surface area contributed by atoms with E-state index >= 15 is 0 Å². The Labute approximate surface area is 137 Å². The maximum atomic E-state index is 5.80. The van der Waals surface area contributed by atoms with Gasteiger partial charge in [0.05, 0.1) is 19.4 Å². The molecule has 5 heteroatoms. The van der Waals surface area contributed by atoms with E-state index in [0.29, 0.717) is 0 Å². The molecule has 2 heterocycles. The van der Waals surface area contributed by atoms with E-state index < -0.39 is 0 Å². The first kappa shape index (κ1) is 15.9. The number of nitrogens with one attached hydrogen (secondary N) is 1. The van der Waals surface area contributed by atoms with E-state index in [1.807, 2.05) is 24.3 Å². The number of hydrogen-bond donors (Lipinski definition) is 1. The van der Waals surface area contributed by atoms with Crippen molar-refractivity contribution < 1.29 is 9.47 Å². The third-order valence-corrected chi connectivity index (χ3v) is 4.38. The third-order valence-electron chi connectivity index (χ3n) is 4.38. The molecule has 1 aliphatic heterocycles. The number of hydrogen-bond acceptors (Lipinski definition) is 4. The van der Waals surface area contributed by atoms with Crippen molar-refractivity contribution in [2.75, 3.05) is 26.8 Å². The predicted octanol–water partition coefficient (Wildman–Crippen LogP) is 2.81. The van der Waals surface area contributed by atoms with Gasteiger partial charge in [0.25, 0.3) is 0 Å². The molecule has 0 saturated carbocycles. The molecule has 1 aromatic carbocycles. The number of nitrogens with zero attached hydrogens (tertiary/aromatic N) is 2. The number of aromatic nitrogens is 2. The zero-order valence-corrected chi connectivity index (χ0v) is 14.0. The maximum Gasteiger partial charge on any atom is 0.119 e. The molecule has 0 fully saturated rings. The summed E-state index contributed by atoms with van der Waals surface area (Å²) >= 11 is 0. The highest BCUT2D eigenvalue weighted by atomic mass is 16.5. The van der Waals surface area contributed by atoms with Crippen LogP contribution in [0.4, 0.5) is 0 Å². The van der Waals surface area contributed by atoms with Crippen LogP contribution < -0.4 is 9.47 Å². The van der Waals surface area contributed by atoms with Gasteiger partial charge in [-0.1, -0.05) is 6.92 Å². The van der Waals surface area contributed by atoms with Crippen LogP contribution in [0.5, 0.6) is 11.5 Å². The fourth-order valence-electron chi connectivity index (χ4n) is 3.04. The number of ether oxygens (including phenoxy) is 2. The molecule has 0 atom stereocenters. The first-order valence-electron chi connectivity index (χ1n) is 8.34. The number of aryl methyl sites for hydroxylation is 1. The van der Waals surface area contributed by atoms with Gasteiger partial charge >= 0.3 is 0 Å². The first-order chi connectivity index (χ1) is 11.3. The number of methoxy groups -OCH3 is 1. The second kappa shape index (κ2) is 7.51. The smallest absolute Gasteiger partial charge is 0.119 e. The molecule has 1 aromatic heterocycles. The van der Waals surface area contributed by atoms with E-state index in [1.54, 1.807) is 7.11 Å². The molecule has 0 aliphatic carbocycles. The van der Waals surface area contributed by atoms with Crippen LogP contribution in [-0.4, -0.2) is 41.9 Å². The molecular formula is C18H25N3O2. The Balaban J connectivity index is 1.42. The molecule has 0 radical (unpaired) electrons. The monoisotopic (exact) mass is 315 g/mol. The minimum atomic E-state index is 0.738. The van der Waals surface area contributed by atoms with Gasteiger partial charge in [0, 0.05) is 37.3 Å². The summed E-state index contributed by atoms with van der Waals surface area (Å²) in [5.74, 6) is 1.75. The van der Waals surface area contributed by atoms with Crippen LogP contribution in [0.15, 0.2) is 24.3 Å². The van der Waals surface area contributed by atoms with Crippen molar-refractivity contribution in [1.29, 1.82) is 0 Å². The van der Waals surface area contributed by atoms with Crippen molar-refractivity contribution in [2.24, 2.45) is 0 Å². The molecule has 0 saturated heterocycles. The van der Waals surface area contributed by atoms with Gasteiger partial charge in [0.1, 0.15) is 11.5 Å². The molecule has 5 nitrogen and oxygen atoms in total. The molecule has 0 amide bonds. The third kappa shape index (κ3) is 3.85. The first-order valence-corrected chi connectivity index (χ1v) is 8.34. The Hall–Kier alpha value is -2.01. The zero-order valence-electron chi connectivity index (χ0n) is 14.0. The molecule has 2 aromatic rings. The lowest BCUT2D eigenvalue weighted by atomic mass is 10.0. The van der Waals surface area contributed by atoms with Crippen LogP contribution in [0.1, 0.15) is 30.3 Å². The average Bonchev–Trinajstić information content (AvgIpc) is 3.01. The largest absolute Gasteiger partial charge is 0.497 e. The Bertz CT molecular complexity index is 608. The summed E-state index contributed by atoms with van der Waals surface area (Å²) in [5, 5.41) is 7.60. The van der Waals surface area contributed by atoms with Gasteiger partial charge in [0.2, 0.25) is 0 Å². The topological polar surface area (TPSA) is 50.4 Å². The summed E-state index contributed by atoms with van der Waals surface area (Å²) in [6.07, 6.45) is 3.10. The second-order valence-electron chi connectivity index (χ2n) is 5.88. The molecule has 3 rings (SSSR count). The normalized spacial score (nSPS) is 14.5. The molecule has 124 valence electrons. The van der Waals surface area contributed by atoms with Crippen LogP contribution >= 0.6 is 0 Å². The van der Waals surface area contributed by atoms with Crippen LogP contribution in [-0.2, 0) is 19.4 Å². The summed E-state index contributed by atoms with van der Waals surface area (Å²) in [6.45, 7) is 6.07. The molecule has 1 N–H and O–H groups in total. The van der Waals surface area contributed by atoms with Gasteiger partial charge in [-0.25, -0.2) is 0 Å². The summed E-state index contributed by atoms with van der Waals surface area (Å²) in [5.41, 5.74) is 3.96. The van der Waals surface area contributed by atoms with Gasteiger partial charge in [-0.15, -0.1) is 0 Å². The minimum absolute atomic E-state index is 0.738. The zero-order chi connectivity index (χ0) is 16.1. The molecular weight excluding hydrogens is 290 g/mol. The van der Waals surface area contributed by atoms with Crippen molar-refractivity contribution in [2.45, 2.75) is 32.7 Å². The Morgan fingerprint density at radius 3 is 2.74 bits per heavy atom. The number of fused-ring (bicyclic) bond motifs is 1. The number of H-pyrrole nitrogens is 1. The standard InChI is InChI=1S/C18H25N3O2/c1-3-17-16-13-21(11-9-18(16)20-19-17)10-4-12-23-15-7-5-14(22-2)6-8-15/h5-8H,3-4,9-13H2,1-2H3,(H,19,20). The van der Waals surface area contributed by atoms with E-state index in [9.17, 15) is 0 Å². The lowest BCUT2D eigenvalue weighted by Gasteiger charge is -2.26. The highest BCUT2D eigenvalue weighted by molar-refractivity contribution is 5.31. The van der Waals surface area contributed by atoms with Gasteiger partial charge in [-0.3, -0.25) is 10.00 Å². The highest BCUT2D eigenvalue weighted by Gasteiger charge is 2.20. The molecule has 0 unspecified atom stereocenters. The van der Waals surface area contributed by atoms with Crippen LogP contribution in [0.25, 0.3) is 0 Å². The SMILES string of the molecule is CCc1n[nH]c2c1CN(CCCOc1ccc(OC)cc1)CC2. The van der Waals surface area contributed by atoms with Gasteiger partial charge in [-0.05, 0) is 37.1 Å².